The van der Waals surface area contributed by atoms with Crippen LogP contribution in [0.5, 0.6) is 0 Å². The molecule has 82 valence electrons. The molecule has 0 aromatic heterocycles. The van der Waals surface area contributed by atoms with Gasteiger partial charge in [0, 0.05) is 19.3 Å². The molecule has 0 bridgehead atoms. The molecule has 1 aliphatic heterocycles. The summed E-state index contributed by atoms with van der Waals surface area (Å²) >= 11 is 0. The van der Waals surface area contributed by atoms with Gasteiger partial charge in [-0.1, -0.05) is 12.1 Å². The van der Waals surface area contributed by atoms with Crippen LogP contribution in [0.2, 0.25) is 0 Å². The molecule has 0 unspecified atom stereocenters. The fourth-order valence-electron chi connectivity index (χ4n) is 1.82. The maximum absolute atomic E-state index is 13.7. The highest BCUT2D eigenvalue weighted by Gasteiger charge is 2.15. The highest BCUT2D eigenvalue weighted by molar-refractivity contribution is 5.48. The minimum atomic E-state index is -0.135. The summed E-state index contributed by atoms with van der Waals surface area (Å²) in [6.45, 7) is 3.32. The van der Waals surface area contributed by atoms with Gasteiger partial charge in [0.2, 0.25) is 0 Å². The van der Waals surface area contributed by atoms with Crippen LogP contribution in [0.1, 0.15) is 18.4 Å². The van der Waals surface area contributed by atoms with Crippen LogP contribution in [0.3, 0.4) is 0 Å². The fourth-order valence-corrected chi connectivity index (χ4v) is 1.82. The molecule has 1 fully saturated rings. The minimum absolute atomic E-state index is 0.135. The third-order valence-electron chi connectivity index (χ3n) is 2.77. The summed E-state index contributed by atoms with van der Waals surface area (Å²) in [7, 11) is 0. The van der Waals surface area contributed by atoms with Crippen LogP contribution in [0, 0.1) is 12.7 Å². The third-order valence-corrected chi connectivity index (χ3v) is 2.77. The average Bonchev–Trinajstić information content (AvgIpc) is 2.26. The molecule has 0 radical (unpaired) electrons. The van der Waals surface area contributed by atoms with Gasteiger partial charge >= 0.3 is 0 Å². The summed E-state index contributed by atoms with van der Waals surface area (Å²) in [6, 6.07) is 5.79. The van der Waals surface area contributed by atoms with Gasteiger partial charge in [-0.25, -0.2) is 4.39 Å². The van der Waals surface area contributed by atoms with Crippen molar-refractivity contribution in [3.05, 3.63) is 29.6 Å². The summed E-state index contributed by atoms with van der Waals surface area (Å²) < 4.78 is 18.9. The molecule has 1 aromatic carbocycles. The Morgan fingerprint density at radius 1 is 1.33 bits per heavy atom. The summed E-state index contributed by atoms with van der Waals surface area (Å²) in [4.78, 5) is 0. The molecule has 0 atom stereocenters. The summed E-state index contributed by atoms with van der Waals surface area (Å²) in [6.07, 6.45) is 1.90. The molecule has 0 saturated carbocycles. The van der Waals surface area contributed by atoms with Crippen molar-refractivity contribution in [3.8, 4) is 0 Å². The van der Waals surface area contributed by atoms with Gasteiger partial charge in [0.05, 0.1) is 5.69 Å². The average molecular weight is 209 g/mol. The molecule has 2 rings (SSSR count). The molecule has 2 nitrogen and oxygen atoms in total. The van der Waals surface area contributed by atoms with Crippen LogP contribution < -0.4 is 5.32 Å². The van der Waals surface area contributed by atoms with Crippen LogP contribution in [0.25, 0.3) is 0 Å². The zero-order valence-corrected chi connectivity index (χ0v) is 8.92. The lowest BCUT2D eigenvalue weighted by atomic mass is 10.1. The second-order valence-corrected chi connectivity index (χ2v) is 3.97. The van der Waals surface area contributed by atoms with Crippen LogP contribution in [-0.4, -0.2) is 19.3 Å². The Balaban J connectivity index is 2.06. The van der Waals surface area contributed by atoms with E-state index in [0.717, 1.165) is 26.1 Å². The van der Waals surface area contributed by atoms with E-state index in [1.807, 2.05) is 6.07 Å². The third kappa shape index (κ3) is 2.48. The molecule has 1 saturated heterocycles. The van der Waals surface area contributed by atoms with Gasteiger partial charge in [0.25, 0.3) is 0 Å². The first-order chi connectivity index (χ1) is 7.27. The molecule has 1 aliphatic rings. The van der Waals surface area contributed by atoms with E-state index < -0.39 is 0 Å². The number of halogens is 1. The van der Waals surface area contributed by atoms with Gasteiger partial charge in [-0.3, -0.25) is 0 Å². The largest absolute Gasteiger partial charge is 0.381 e. The Morgan fingerprint density at radius 3 is 2.80 bits per heavy atom. The standard InChI is InChI=1S/C12H16FNO/c1-9-3-2-4-11(12(9)13)14-10-5-7-15-8-6-10/h2-4,10,14H,5-8H2,1H3. The molecule has 3 heteroatoms. The number of aryl methyl sites for hydroxylation is 1. The zero-order chi connectivity index (χ0) is 10.7. The molecular weight excluding hydrogens is 193 g/mol. The van der Waals surface area contributed by atoms with Crippen molar-refractivity contribution in [1.82, 2.24) is 0 Å². The van der Waals surface area contributed by atoms with Gasteiger partial charge in [-0.15, -0.1) is 0 Å². The van der Waals surface area contributed by atoms with E-state index in [-0.39, 0.29) is 5.82 Å². The van der Waals surface area contributed by atoms with Crippen molar-refractivity contribution in [2.75, 3.05) is 18.5 Å². The molecule has 0 amide bonds. The van der Waals surface area contributed by atoms with Crippen molar-refractivity contribution in [1.29, 1.82) is 0 Å². The van der Waals surface area contributed by atoms with E-state index in [1.54, 1.807) is 19.1 Å². The Kier molecular flexibility index (Phi) is 3.21. The first kappa shape index (κ1) is 10.4. The normalized spacial score (nSPS) is 17.7. The Labute approximate surface area is 89.4 Å². The van der Waals surface area contributed by atoms with Crippen molar-refractivity contribution < 1.29 is 9.13 Å². The van der Waals surface area contributed by atoms with E-state index in [1.165, 1.54) is 0 Å². The maximum atomic E-state index is 13.7. The zero-order valence-electron chi connectivity index (χ0n) is 8.92. The number of hydrogen-bond acceptors (Lipinski definition) is 2. The van der Waals surface area contributed by atoms with Gasteiger partial charge in [0.1, 0.15) is 5.82 Å². The number of anilines is 1. The van der Waals surface area contributed by atoms with Gasteiger partial charge in [0.15, 0.2) is 0 Å². The van der Waals surface area contributed by atoms with E-state index in [2.05, 4.69) is 5.32 Å². The summed E-state index contributed by atoms with van der Waals surface area (Å²) in [5.74, 6) is -0.135. The van der Waals surface area contributed by atoms with Crippen LogP contribution in [0.4, 0.5) is 10.1 Å². The number of nitrogens with one attached hydrogen (secondary N) is 1. The molecule has 15 heavy (non-hydrogen) atoms. The van der Waals surface area contributed by atoms with Gasteiger partial charge < -0.3 is 10.1 Å². The lowest BCUT2D eigenvalue weighted by Gasteiger charge is -2.24. The van der Waals surface area contributed by atoms with Crippen molar-refractivity contribution in [3.63, 3.8) is 0 Å². The van der Waals surface area contributed by atoms with Crippen molar-refractivity contribution in [2.45, 2.75) is 25.8 Å². The molecule has 0 aliphatic carbocycles. The number of rotatable bonds is 2. The van der Waals surface area contributed by atoms with E-state index >= 15 is 0 Å². The topological polar surface area (TPSA) is 21.3 Å². The molecule has 1 aromatic rings. The first-order valence-electron chi connectivity index (χ1n) is 5.37. The lowest BCUT2D eigenvalue weighted by molar-refractivity contribution is 0.0904. The lowest BCUT2D eigenvalue weighted by Crippen LogP contribution is -2.28. The molecule has 1 N–H and O–H groups in total. The number of ether oxygens (including phenoxy) is 1. The first-order valence-corrected chi connectivity index (χ1v) is 5.37. The van der Waals surface area contributed by atoms with Gasteiger partial charge in [-0.2, -0.15) is 0 Å². The van der Waals surface area contributed by atoms with E-state index in [0.29, 0.717) is 17.3 Å². The summed E-state index contributed by atoms with van der Waals surface area (Å²) in [5.41, 5.74) is 1.30. The molecule has 0 spiro atoms. The SMILES string of the molecule is Cc1cccc(NC2CCOCC2)c1F. The second kappa shape index (κ2) is 4.62. The smallest absolute Gasteiger partial charge is 0.149 e. The predicted octanol–water partition coefficient (Wildman–Crippen LogP) is 2.73. The summed E-state index contributed by atoms with van der Waals surface area (Å²) in [5, 5.41) is 3.23. The van der Waals surface area contributed by atoms with Crippen LogP contribution >= 0.6 is 0 Å². The Bertz CT molecular complexity index is 334. The minimum Gasteiger partial charge on any atom is -0.381 e. The molecular formula is C12H16FNO. The molecule has 1 heterocycles. The van der Waals surface area contributed by atoms with Crippen molar-refractivity contribution >= 4 is 5.69 Å². The Morgan fingerprint density at radius 2 is 2.07 bits per heavy atom. The second-order valence-electron chi connectivity index (χ2n) is 3.97. The highest BCUT2D eigenvalue weighted by atomic mass is 19.1. The maximum Gasteiger partial charge on any atom is 0.149 e. The Hall–Kier alpha value is -1.09. The van der Waals surface area contributed by atoms with E-state index in [4.69, 9.17) is 4.74 Å². The number of benzene rings is 1. The van der Waals surface area contributed by atoms with Crippen LogP contribution in [0.15, 0.2) is 18.2 Å². The fraction of sp³-hybridized carbons (Fsp3) is 0.500. The highest BCUT2D eigenvalue weighted by Crippen LogP contribution is 2.20. The van der Waals surface area contributed by atoms with Crippen LogP contribution in [-0.2, 0) is 4.74 Å². The quantitative estimate of drug-likeness (QED) is 0.808. The number of hydrogen-bond donors (Lipinski definition) is 1. The monoisotopic (exact) mass is 209 g/mol. The van der Waals surface area contributed by atoms with Crippen molar-refractivity contribution in [2.24, 2.45) is 0 Å². The predicted molar refractivity (Wildman–Crippen MR) is 58.6 cm³/mol. The van der Waals surface area contributed by atoms with E-state index in [9.17, 15) is 4.39 Å². The van der Waals surface area contributed by atoms with Gasteiger partial charge in [-0.05, 0) is 31.4 Å².